The molecule has 1 aromatic heterocycles. The van der Waals surface area contributed by atoms with E-state index in [2.05, 4.69) is 15.3 Å². The number of H-pyrrole nitrogens is 1. The molecule has 3 heteroatoms. The van der Waals surface area contributed by atoms with E-state index in [9.17, 15) is 0 Å². The van der Waals surface area contributed by atoms with Gasteiger partial charge in [-0.1, -0.05) is 0 Å². The van der Waals surface area contributed by atoms with Crippen LogP contribution in [-0.2, 0) is 6.54 Å². The molecule has 1 aromatic rings. The van der Waals surface area contributed by atoms with Gasteiger partial charge in [-0.05, 0) is 37.0 Å². The minimum Gasteiger partial charge on any atom is -0.348 e. The van der Waals surface area contributed by atoms with Gasteiger partial charge in [-0.3, -0.25) is 0 Å². The lowest BCUT2D eigenvalue weighted by molar-refractivity contribution is 0.401. The first kappa shape index (κ1) is 8.48. The SMILES string of the molecule is c1c[nH]c(CNCC2(C3CC3)CC2)n1. The predicted octanol–water partition coefficient (Wildman–Crippen LogP) is 1.69. The highest BCUT2D eigenvalue weighted by Crippen LogP contribution is 2.60. The standard InChI is InChI=1S/C11H17N3/c1-2-9(1)11(3-4-11)8-12-7-10-13-5-6-14-10/h5-6,9,12H,1-4,7-8H2,(H,13,14). The Bertz CT molecular complexity index is 296. The summed E-state index contributed by atoms with van der Waals surface area (Å²) in [6, 6.07) is 0. The van der Waals surface area contributed by atoms with Crippen LogP contribution < -0.4 is 5.32 Å². The van der Waals surface area contributed by atoms with Gasteiger partial charge in [-0.2, -0.15) is 0 Å². The molecule has 1 heterocycles. The van der Waals surface area contributed by atoms with Gasteiger partial charge in [0.1, 0.15) is 5.82 Å². The first-order valence-electron chi connectivity index (χ1n) is 5.58. The number of hydrogen-bond donors (Lipinski definition) is 2. The Morgan fingerprint density at radius 1 is 1.50 bits per heavy atom. The van der Waals surface area contributed by atoms with E-state index in [4.69, 9.17) is 0 Å². The molecule has 3 rings (SSSR count). The van der Waals surface area contributed by atoms with Crippen LogP contribution in [-0.4, -0.2) is 16.5 Å². The summed E-state index contributed by atoms with van der Waals surface area (Å²) in [4.78, 5) is 7.31. The number of rotatable bonds is 5. The van der Waals surface area contributed by atoms with Crippen LogP contribution in [0.5, 0.6) is 0 Å². The van der Waals surface area contributed by atoms with E-state index in [0.717, 1.165) is 18.3 Å². The fourth-order valence-corrected chi connectivity index (χ4v) is 2.41. The minimum atomic E-state index is 0.701. The highest BCUT2D eigenvalue weighted by atomic mass is 15.0. The first-order chi connectivity index (χ1) is 6.89. The Kier molecular flexibility index (Phi) is 1.87. The number of imidazole rings is 1. The zero-order valence-corrected chi connectivity index (χ0v) is 8.42. The normalized spacial score (nSPS) is 23.7. The smallest absolute Gasteiger partial charge is 0.120 e. The van der Waals surface area contributed by atoms with Crippen molar-refractivity contribution in [1.29, 1.82) is 0 Å². The van der Waals surface area contributed by atoms with E-state index in [-0.39, 0.29) is 0 Å². The number of aromatic amines is 1. The summed E-state index contributed by atoms with van der Waals surface area (Å²) in [5, 5.41) is 3.52. The molecule has 0 aliphatic heterocycles. The Morgan fingerprint density at radius 3 is 2.93 bits per heavy atom. The van der Waals surface area contributed by atoms with E-state index in [1.54, 1.807) is 0 Å². The third kappa shape index (κ3) is 1.57. The Hall–Kier alpha value is -0.830. The van der Waals surface area contributed by atoms with Gasteiger partial charge in [0.2, 0.25) is 0 Å². The van der Waals surface area contributed by atoms with E-state index < -0.39 is 0 Å². The molecule has 2 fully saturated rings. The lowest BCUT2D eigenvalue weighted by atomic mass is 10.0. The summed E-state index contributed by atoms with van der Waals surface area (Å²) in [7, 11) is 0. The highest BCUT2D eigenvalue weighted by molar-refractivity contribution is 5.05. The molecule has 76 valence electrons. The predicted molar refractivity (Wildman–Crippen MR) is 54.7 cm³/mol. The summed E-state index contributed by atoms with van der Waals surface area (Å²) in [6.07, 6.45) is 9.53. The summed E-state index contributed by atoms with van der Waals surface area (Å²) in [5.74, 6) is 2.10. The lowest BCUT2D eigenvalue weighted by Crippen LogP contribution is -2.25. The Morgan fingerprint density at radius 2 is 2.36 bits per heavy atom. The monoisotopic (exact) mass is 191 g/mol. The van der Waals surface area contributed by atoms with Gasteiger partial charge in [0.25, 0.3) is 0 Å². The highest BCUT2D eigenvalue weighted by Gasteiger charge is 2.53. The number of nitrogens with zero attached hydrogens (tertiary/aromatic N) is 1. The lowest BCUT2D eigenvalue weighted by Gasteiger charge is -2.13. The maximum absolute atomic E-state index is 4.20. The third-order valence-electron chi connectivity index (χ3n) is 3.66. The van der Waals surface area contributed by atoms with Crippen molar-refractivity contribution >= 4 is 0 Å². The molecule has 2 N–H and O–H groups in total. The molecule has 0 aromatic carbocycles. The average molecular weight is 191 g/mol. The summed E-state index contributed by atoms with van der Waals surface area (Å²) in [5.41, 5.74) is 0.701. The van der Waals surface area contributed by atoms with Crippen LogP contribution in [0, 0.1) is 11.3 Å². The first-order valence-corrected chi connectivity index (χ1v) is 5.58. The molecule has 0 amide bonds. The van der Waals surface area contributed by atoms with Crippen LogP contribution in [0.1, 0.15) is 31.5 Å². The zero-order valence-electron chi connectivity index (χ0n) is 8.42. The second-order valence-corrected chi connectivity index (χ2v) is 4.78. The fraction of sp³-hybridized carbons (Fsp3) is 0.727. The van der Waals surface area contributed by atoms with Crippen LogP contribution in [0.15, 0.2) is 12.4 Å². The maximum Gasteiger partial charge on any atom is 0.120 e. The Labute approximate surface area is 84.3 Å². The van der Waals surface area contributed by atoms with Crippen molar-refractivity contribution in [1.82, 2.24) is 15.3 Å². The van der Waals surface area contributed by atoms with Crippen molar-refractivity contribution < 1.29 is 0 Å². The van der Waals surface area contributed by atoms with Crippen molar-refractivity contribution in [2.75, 3.05) is 6.54 Å². The van der Waals surface area contributed by atoms with E-state index >= 15 is 0 Å². The number of hydrogen-bond acceptors (Lipinski definition) is 2. The molecule has 14 heavy (non-hydrogen) atoms. The molecule has 3 nitrogen and oxygen atoms in total. The second kappa shape index (κ2) is 3.09. The fourth-order valence-electron chi connectivity index (χ4n) is 2.41. The summed E-state index contributed by atoms with van der Waals surface area (Å²) in [6.45, 7) is 2.08. The topological polar surface area (TPSA) is 40.7 Å². The van der Waals surface area contributed by atoms with E-state index in [0.29, 0.717) is 5.41 Å². The molecular weight excluding hydrogens is 174 g/mol. The van der Waals surface area contributed by atoms with Crippen molar-refractivity contribution in [3.63, 3.8) is 0 Å². The molecule has 2 aliphatic rings. The van der Waals surface area contributed by atoms with Gasteiger partial charge in [-0.25, -0.2) is 4.98 Å². The van der Waals surface area contributed by atoms with Crippen molar-refractivity contribution in [3.05, 3.63) is 18.2 Å². The van der Waals surface area contributed by atoms with Crippen molar-refractivity contribution in [2.24, 2.45) is 11.3 Å². The second-order valence-electron chi connectivity index (χ2n) is 4.78. The molecule has 2 saturated carbocycles. The van der Waals surface area contributed by atoms with Gasteiger partial charge in [0.15, 0.2) is 0 Å². The van der Waals surface area contributed by atoms with Crippen LogP contribution in [0.4, 0.5) is 0 Å². The van der Waals surface area contributed by atoms with Crippen LogP contribution in [0.2, 0.25) is 0 Å². The van der Waals surface area contributed by atoms with Crippen molar-refractivity contribution in [2.45, 2.75) is 32.2 Å². The third-order valence-corrected chi connectivity index (χ3v) is 3.66. The molecule has 2 aliphatic carbocycles. The van der Waals surface area contributed by atoms with Gasteiger partial charge >= 0.3 is 0 Å². The molecular formula is C11H17N3. The zero-order chi connectivity index (χ0) is 9.43. The summed E-state index contributed by atoms with van der Waals surface area (Å²) < 4.78 is 0. The van der Waals surface area contributed by atoms with Gasteiger partial charge < -0.3 is 10.3 Å². The average Bonchev–Trinajstić information content (AvgIpc) is 3.07. The number of nitrogens with one attached hydrogen (secondary N) is 2. The largest absolute Gasteiger partial charge is 0.348 e. The molecule has 0 bridgehead atoms. The van der Waals surface area contributed by atoms with Crippen LogP contribution >= 0.6 is 0 Å². The van der Waals surface area contributed by atoms with Gasteiger partial charge in [0.05, 0.1) is 6.54 Å². The maximum atomic E-state index is 4.20. The molecule has 0 atom stereocenters. The van der Waals surface area contributed by atoms with E-state index in [1.165, 1.54) is 32.2 Å². The Balaban J connectivity index is 1.46. The molecule has 0 saturated heterocycles. The van der Waals surface area contributed by atoms with Gasteiger partial charge in [0, 0.05) is 18.9 Å². The summed E-state index contributed by atoms with van der Waals surface area (Å²) >= 11 is 0. The minimum absolute atomic E-state index is 0.701. The molecule has 0 unspecified atom stereocenters. The molecule has 0 radical (unpaired) electrons. The van der Waals surface area contributed by atoms with Crippen LogP contribution in [0.3, 0.4) is 0 Å². The quantitative estimate of drug-likeness (QED) is 0.743. The van der Waals surface area contributed by atoms with E-state index in [1.807, 2.05) is 12.4 Å². The van der Waals surface area contributed by atoms with Crippen LogP contribution in [0.25, 0.3) is 0 Å². The number of aromatic nitrogens is 2. The molecule has 0 spiro atoms. The van der Waals surface area contributed by atoms with Gasteiger partial charge in [-0.15, -0.1) is 0 Å². The van der Waals surface area contributed by atoms with Crippen molar-refractivity contribution in [3.8, 4) is 0 Å².